The lowest BCUT2D eigenvalue weighted by atomic mass is 9.98. The van der Waals surface area contributed by atoms with Crippen LogP contribution in [0.2, 0.25) is 0 Å². The van der Waals surface area contributed by atoms with E-state index in [1.165, 1.54) is 0 Å². The third-order valence-corrected chi connectivity index (χ3v) is 4.25. The van der Waals surface area contributed by atoms with Crippen LogP contribution in [0.25, 0.3) is 10.8 Å². The number of esters is 1. The molecule has 0 aliphatic rings. The zero-order valence-electron chi connectivity index (χ0n) is 14.4. The van der Waals surface area contributed by atoms with Crippen molar-refractivity contribution in [2.24, 2.45) is 0 Å². The van der Waals surface area contributed by atoms with Gasteiger partial charge in [-0.25, -0.2) is 0 Å². The highest BCUT2D eigenvalue weighted by molar-refractivity contribution is 5.86. The molecule has 0 saturated heterocycles. The van der Waals surface area contributed by atoms with Crippen LogP contribution in [-0.4, -0.2) is 24.7 Å². The molecule has 0 fully saturated rings. The lowest BCUT2D eigenvalue weighted by Gasteiger charge is -2.13. The van der Waals surface area contributed by atoms with Gasteiger partial charge >= 0.3 is 5.97 Å². The number of rotatable bonds is 6. The second-order valence-electron chi connectivity index (χ2n) is 5.93. The van der Waals surface area contributed by atoms with E-state index < -0.39 is 0 Å². The zero-order valence-corrected chi connectivity index (χ0v) is 14.4. The van der Waals surface area contributed by atoms with Gasteiger partial charge in [-0.3, -0.25) is 9.78 Å². The van der Waals surface area contributed by atoms with Crippen molar-refractivity contribution in [3.8, 4) is 5.75 Å². The molecule has 1 atom stereocenters. The summed E-state index contributed by atoms with van der Waals surface area (Å²) in [7, 11) is 1.65. The summed E-state index contributed by atoms with van der Waals surface area (Å²) in [4.78, 5) is 16.5. The Hall–Kier alpha value is -2.88. The van der Waals surface area contributed by atoms with Crippen molar-refractivity contribution in [1.82, 2.24) is 4.98 Å². The number of carbonyl (C=O) groups is 1. The van der Waals surface area contributed by atoms with E-state index in [0.717, 1.165) is 27.8 Å². The van der Waals surface area contributed by atoms with Crippen molar-refractivity contribution in [3.63, 3.8) is 0 Å². The van der Waals surface area contributed by atoms with Gasteiger partial charge in [0.25, 0.3) is 0 Å². The third-order valence-electron chi connectivity index (χ3n) is 4.25. The van der Waals surface area contributed by atoms with E-state index in [0.29, 0.717) is 13.0 Å². The first kappa shape index (κ1) is 17.0. The highest BCUT2D eigenvalue weighted by Gasteiger charge is 2.17. The van der Waals surface area contributed by atoms with Crippen molar-refractivity contribution < 1.29 is 14.3 Å². The largest absolute Gasteiger partial charge is 0.497 e. The van der Waals surface area contributed by atoms with E-state index in [4.69, 9.17) is 9.47 Å². The maximum absolute atomic E-state index is 12.3. The number of hydrogen-bond acceptors (Lipinski definition) is 4. The summed E-state index contributed by atoms with van der Waals surface area (Å²) in [6, 6.07) is 17.6. The lowest BCUT2D eigenvalue weighted by molar-refractivity contribution is -0.144. The fourth-order valence-corrected chi connectivity index (χ4v) is 2.70. The molecule has 128 valence electrons. The second-order valence-corrected chi connectivity index (χ2v) is 5.93. The fourth-order valence-electron chi connectivity index (χ4n) is 2.70. The van der Waals surface area contributed by atoms with Crippen molar-refractivity contribution in [2.45, 2.75) is 19.3 Å². The maximum atomic E-state index is 12.3. The summed E-state index contributed by atoms with van der Waals surface area (Å²) in [5.74, 6) is 0.293. The molecule has 0 N–H and O–H groups in total. The van der Waals surface area contributed by atoms with Gasteiger partial charge in [0.2, 0.25) is 0 Å². The number of pyridine rings is 1. The first-order valence-corrected chi connectivity index (χ1v) is 8.31. The Bertz CT molecular complexity index is 861. The highest BCUT2D eigenvalue weighted by atomic mass is 16.5. The summed E-state index contributed by atoms with van der Waals surface area (Å²) >= 11 is 0. The van der Waals surface area contributed by atoms with Gasteiger partial charge in [-0.15, -0.1) is 0 Å². The summed E-state index contributed by atoms with van der Waals surface area (Å²) in [6.45, 7) is 2.21. The van der Waals surface area contributed by atoms with E-state index >= 15 is 0 Å². The number of benzene rings is 2. The predicted molar refractivity (Wildman–Crippen MR) is 97.8 cm³/mol. The highest BCUT2D eigenvalue weighted by Crippen LogP contribution is 2.25. The molecule has 1 unspecified atom stereocenters. The van der Waals surface area contributed by atoms with Crippen LogP contribution < -0.4 is 4.74 Å². The fraction of sp³-hybridized carbons (Fsp3) is 0.238. The van der Waals surface area contributed by atoms with Gasteiger partial charge < -0.3 is 9.47 Å². The van der Waals surface area contributed by atoms with Gasteiger partial charge in [-0.1, -0.05) is 30.3 Å². The minimum atomic E-state index is -0.310. The van der Waals surface area contributed by atoms with Crippen LogP contribution in [0, 0.1) is 0 Å². The van der Waals surface area contributed by atoms with Crippen LogP contribution in [0.1, 0.15) is 24.1 Å². The van der Waals surface area contributed by atoms with E-state index in [9.17, 15) is 4.79 Å². The normalized spacial score (nSPS) is 11.9. The number of aromatic nitrogens is 1. The average molecular weight is 335 g/mol. The van der Waals surface area contributed by atoms with Crippen molar-refractivity contribution in [3.05, 3.63) is 72.1 Å². The zero-order chi connectivity index (χ0) is 17.6. The Morgan fingerprint density at radius 2 is 1.88 bits per heavy atom. The minimum absolute atomic E-state index is 0.219. The molecule has 0 radical (unpaired) electrons. The molecule has 1 heterocycles. The molecule has 0 bridgehead atoms. The SMILES string of the molecule is COc1ccc2cc(C(C)C(=O)OCCc3ccccn3)ccc2c1. The smallest absolute Gasteiger partial charge is 0.313 e. The summed E-state index contributed by atoms with van der Waals surface area (Å²) in [5, 5.41) is 2.16. The second kappa shape index (κ2) is 7.79. The number of nitrogens with zero attached hydrogens (tertiary/aromatic N) is 1. The van der Waals surface area contributed by atoms with Crippen LogP contribution in [-0.2, 0) is 16.0 Å². The Labute approximate surface area is 147 Å². The van der Waals surface area contributed by atoms with Gasteiger partial charge in [0.1, 0.15) is 5.75 Å². The molecule has 4 nitrogen and oxygen atoms in total. The third kappa shape index (κ3) is 4.15. The topological polar surface area (TPSA) is 48.4 Å². The van der Waals surface area contributed by atoms with Crippen molar-refractivity contribution in [2.75, 3.05) is 13.7 Å². The minimum Gasteiger partial charge on any atom is -0.497 e. The number of methoxy groups -OCH3 is 1. The van der Waals surface area contributed by atoms with Crippen LogP contribution in [0.5, 0.6) is 5.75 Å². The quantitative estimate of drug-likeness (QED) is 0.636. The van der Waals surface area contributed by atoms with Crippen LogP contribution >= 0.6 is 0 Å². The number of carbonyl (C=O) groups excluding carboxylic acids is 1. The van der Waals surface area contributed by atoms with E-state index in [-0.39, 0.29) is 11.9 Å². The predicted octanol–water partition coefficient (Wildman–Crippen LogP) is 4.13. The first-order valence-electron chi connectivity index (χ1n) is 8.31. The molecule has 0 amide bonds. The molecule has 1 aromatic heterocycles. The molecule has 25 heavy (non-hydrogen) atoms. The monoisotopic (exact) mass is 335 g/mol. The van der Waals surface area contributed by atoms with Gasteiger partial charge in [0.05, 0.1) is 19.6 Å². The van der Waals surface area contributed by atoms with Gasteiger partial charge in [-0.2, -0.15) is 0 Å². The number of hydrogen-bond donors (Lipinski definition) is 0. The molecular formula is C21H21NO3. The molecule has 2 aromatic carbocycles. The molecule has 3 rings (SSSR count). The first-order chi connectivity index (χ1) is 12.2. The Balaban J connectivity index is 1.64. The molecule has 0 aliphatic heterocycles. The Morgan fingerprint density at radius 1 is 1.08 bits per heavy atom. The van der Waals surface area contributed by atoms with Crippen LogP contribution in [0.3, 0.4) is 0 Å². The van der Waals surface area contributed by atoms with E-state index in [2.05, 4.69) is 4.98 Å². The van der Waals surface area contributed by atoms with Gasteiger partial charge in [0.15, 0.2) is 0 Å². The summed E-state index contributed by atoms with van der Waals surface area (Å²) < 4.78 is 10.7. The summed E-state index contributed by atoms with van der Waals surface area (Å²) in [5.41, 5.74) is 1.86. The maximum Gasteiger partial charge on any atom is 0.313 e. The standard InChI is InChI=1S/C21H21NO3/c1-15(21(23)25-12-10-19-5-3-4-11-22-19)16-6-7-18-14-20(24-2)9-8-17(18)13-16/h3-9,11,13-15H,10,12H2,1-2H3. The van der Waals surface area contributed by atoms with Crippen molar-refractivity contribution in [1.29, 1.82) is 0 Å². The molecule has 4 heteroatoms. The molecule has 3 aromatic rings. The average Bonchev–Trinajstić information content (AvgIpc) is 2.67. The van der Waals surface area contributed by atoms with Crippen LogP contribution in [0.4, 0.5) is 0 Å². The molecule has 0 spiro atoms. The van der Waals surface area contributed by atoms with Gasteiger partial charge in [0, 0.05) is 18.3 Å². The Kier molecular flexibility index (Phi) is 5.29. The molecule has 0 aliphatic carbocycles. The lowest BCUT2D eigenvalue weighted by Crippen LogP contribution is -2.15. The van der Waals surface area contributed by atoms with E-state index in [1.807, 2.05) is 61.5 Å². The van der Waals surface area contributed by atoms with E-state index in [1.54, 1.807) is 13.3 Å². The number of ether oxygens (including phenoxy) is 2. The van der Waals surface area contributed by atoms with Crippen LogP contribution in [0.15, 0.2) is 60.8 Å². The van der Waals surface area contributed by atoms with Gasteiger partial charge in [-0.05, 0) is 47.5 Å². The summed E-state index contributed by atoms with van der Waals surface area (Å²) in [6.07, 6.45) is 2.36. The number of fused-ring (bicyclic) bond motifs is 1. The van der Waals surface area contributed by atoms with Crippen molar-refractivity contribution >= 4 is 16.7 Å². The molecule has 0 saturated carbocycles. The molecular weight excluding hydrogens is 314 g/mol. The Morgan fingerprint density at radius 3 is 2.64 bits per heavy atom.